The van der Waals surface area contributed by atoms with Gasteiger partial charge in [0.2, 0.25) is 11.7 Å². The first-order valence-electron chi connectivity index (χ1n) is 8.35. The third-order valence-corrected chi connectivity index (χ3v) is 4.09. The van der Waals surface area contributed by atoms with E-state index in [-0.39, 0.29) is 5.91 Å². The molecular weight excluding hydrogens is 324 g/mol. The number of morpholine rings is 1. The molecule has 138 valence electrons. The number of hydrogen-bond acceptors (Lipinski definition) is 5. The summed E-state index contributed by atoms with van der Waals surface area (Å²) in [5.74, 6) is 1.51. The number of benzene rings is 1. The van der Waals surface area contributed by atoms with E-state index < -0.39 is 0 Å². The van der Waals surface area contributed by atoms with Crippen LogP contribution >= 0.6 is 0 Å². The first-order valence-corrected chi connectivity index (χ1v) is 8.35. The van der Waals surface area contributed by atoms with Gasteiger partial charge in [-0.15, -0.1) is 0 Å². The van der Waals surface area contributed by atoms with E-state index in [0.717, 1.165) is 38.4 Å². The Morgan fingerprint density at radius 3 is 2.36 bits per heavy atom. The van der Waals surface area contributed by atoms with Gasteiger partial charge < -0.3 is 29.2 Å². The Labute approximate surface area is 148 Å². The van der Waals surface area contributed by atoms with Crippen LogP contribution in [0.2, 0.25) is 0 Å². The standard InChI is InChI=1S/C18H26N2O5/c1-22-15-12-14(13-16(23-2)18(15)24-3)4-5-17(21)19-6-7-20-8-10-25-11-9-20/h4-5,12-13H,6-11H2,1-3H3,(H,19,21)/p+1. The molecule has 1 aromatic carbocycles. The monoisotopic (exact) mass is 351 g/mol. The average molecular weight is 351 g/mol. The third-order valence-electron chi connectivity index (χ3n) is 4.09. The normalized spacial score (nSPS) is 15.2. The van der Waals surface area contributed by atoms with E-state index in [1.54, 1.807) is 39.5 Å². The predicted octanol–water partition coefficient (Wildman–Crippen LogP) is -0.243. The smallest absolute Gasteiger partial charge is 0.244 e. The third kappa shape index (κ3) is 5.65. The minimum absolute atomic E-state index is 0.124. The number of nitrogens with one attached hydrogen (secondary N) is 2. The van der Waals surface area contributed by atoms with Crippen molar-refractivity contribution in [2.24, 2.45) is 0 Å². The average Bonchev–Trinajstić information content (AvgIpc) is 2.66. The van der Waals surface area contributed by atoms with Crippen molar-refractivity contribution in [3.8, 4) is 17.2 Å². The van der Waals surface area contributed by atoms with Gasteiger partial charge in [0.25, 0.3) is 0 Å². The fourth-order valence-corrected chi connectivity index (χ4v) is 2.70. The number of methoxy groups -OCH3 is 3. The lowest BCUT2D eigenvalue weighted by Crippen LogP contribution is -3.14. The van der Waals surface area contributed by atoms with Gasteiger partial charge in [-0.05, 0) is 23.8 Å². The molecule has 2 N–H and O–H groups in total. The van der Waals surface area contributed by atoms with Gasteiger partial charge >= 0.3 is 0 Å². The molecule has 2 rings (SSSR count). The lowest BCUT2D eigenvalue weighted by molar-refractivity contribution is -0.906. The van der Waals surface area contributed by atoms with Crippen molar-refractivity contribution in [2.45, 2.75) is 0 Å². The molecule has 0 saturated carbocycles. The summed E-state index contributed by atoms with van der Waals surface area (Å²) in [5.41, 5.74) is 0.795. The number of ether oxygens (including phenoxy) is 4. The maximum absolute atomic E-state index is 12.0. The van der Waals surface area contributed by atoms with E-state index >= 15 is 0 Å². The summed E-state index contributed by atoms with van der Waals surface area (Å²) in [4.78, 5) is 13.4. The summed E-state index contributed by atoms with van der Waals surface area (Å²) in [6, 6.07) is 3.59. The van der Waals surface area contributed by atoms with Crippen molar-refractivity contribution >= 4 is 12.0 Å². The van der Waals surface area contributed by atoms with Crippen LogP contribution in [0.1, 0.15) is 5.56 Å². The molecule has 0 atom stereocenters. The van der Waals surface area contributed by atoms with Crippen molar-refractivity contribution in [1.29, 1.82) is 0 Å². The second-order valence-electron chi connectivity index (χ2n) is 5.70. The zero-order valence-electron chi connectivity index (χ0n) is 15.1. The van der Waals surface area contributed by atoms with Crippen LogP contribution in [0.25, 0.3) is 6.08 Å². The Kier molecular flexibility index (Phi) is 7.56. The molecule has 0 radical (unpaired) electrons. The van der Waals surface area contributed by atoms with Crippen LogP contribution in [0, 0.1) is 0 Å². The molecule has 7 heteroatoms. The molecule has 0 bridgehead atoms. The van der Waals surface area contributed by atoms with Gasteiger partial charge in [-0.1, -0.05) is 0 Å². The largest absolute Gasteiger partial charge is 0.493 e. The minimum Gasteiger partial charge on any atom is -0.493 e. The van der Waals surface area contributed by atoms with E-state index in [1.165, 1.54) is 11.0 Å². The van der Waals surface area contributed by atoms with Gasteiger partial charge in [0.15, 0.2) is 11.5 Å². The fraction of sp³-hybridized carbons (Fsp3) is 0.500. The molecule has 0 aromatic heterocycles. The highest BCUT2D eigenvalue weighted by Gasteiger charge is 2.14. The van der Waals surface area contributed by atoms with Gasteiger partial charge in [0.1, 0.15) is 13.1 Å². The van der Waals surface area contributed by atoms with Gasteiger partial charge in [-0.2, -0.15) is 0 Å². The summed E-state index contributed by atoms with van der Waals surface area (Å²) in [6.07, 6.45) is 3.23. The SMILES string of the molecule is COc1cc(C=CC(=O)NCC[NH+]2CCOCC2)cc(OC)c1OC. The summed E-state index contributed by atoms with van der Waals surface area (Å²) < 4.78 is 21.2. The lowest BCUT2D eigenvalue weighted by atomic mass is 10.1. The molecular formula is C18H27N2O5+. The molecule has 1 fully saturated rings. The number of hydrogen-bond donors (Lipinski definition) is 2. The Balaban J connectivity index is 1.90. The van der Waals surface area contributed by atoms with E-state index in [9.17, 15) is 4.79 Å². The van der Waals surface area contributed by atoms with Crippen molar-refractivity contribution in [3.05, 3.63) is 23.8 Å². The van der Waals surface area contributed by atoms with Gasteiger partial charge in [0, 0.05) is 6.08 Å². The first-order chi connectivity index (χ1) is 12.2. The zero-order chi connectivity index (χ0) is 18.1. The van der Waals surface area contributed by atoms with Crippen molar-refractivity contribution in [2.75, 3.05) is 60.7 Å². The Bertz CT molecular complexity index is 572. The number of rotatable bonds is 8. The molecule has 25 heavy (non-hydrogen) atoms. The van der Waals surface area contributed by atoms with E-state index in [1.807, 2.05) is 0 Å². The first kappa shape index (κ1) is 19.1. The Morgan fingerprint density at radius 2 is 1.80 bits per heavy atom. The molecule has 7 nitrogen and oxygen atoms in total. The summed E-state index contributed by atoms with van der Waals surface area (Å²) in [6.45, 7) is 5.14. The molecule has 1 aliphatic rings. The molecule has 1 amide bonds. The second-order valence-corrected chi connectivity index (χ2v) is 5.70. The Hall–Kier alpha value is -2.25. The predicted molar refractivity (Wildman–Crippen MR) is 94.5 cm³/mol. The fourth-order valence-electron chi connectivity index (χ4n) is 2.70. The highest BCUT2D eigenvalue weighted by Crippen LogP contribution is 2.38. The number of quaternary nitrogens is 1. The summed E-state index contributed by atoms with van der Waals surface area (Å²) in [5, 5.41) is 2.91. The van der Waals surface area contributed by atoms with E-state index in [2.05, 4.69) is 5.32 Å². The quantitative estimate of drug-likeness (QED) is 0.633. The topological polar surface area (TPSA) is 70.5 Å². The number of amides is 1. The summed E-state index contributed by atoms with van der Waals surface area (Å²) >= 11 is 0. The maximum Gasteiger partial charge on any atom is 0.244 e. The minimum atomic E-state index is -0.124. The molecule has 1 saturated heterocycles. The number of carbonyl (C=O) groups excluding carboxylic acids is 1. The molecule has 1 aliphatic heterocycles. The van der Waals surface area contributed by atoms with Crippen molar-refractivity contribution < 1.29 is 28.6 Å². The summed E-state index contributed by atoms with van der Waals surface area (Å²) in [7, 11) is 4.68. The van der Waals surface area contributed by atoms with Crippen LogP contribution in [0.3, 0.4) is 0 Å². The van der Waals surface area contributed by atoms with Crippen LogP contribution < -0.4 is 24.4 Å². The highest BCUT2D eigenvalue weighted by molar-refractivity contribution is 5.91. The van der Waals surface area contributed by atoms with Gasteiger partial charge in [-0.3, -0.25) is 4.79 Å². The van der Waals surface area contributed by atoms with Crippen LogP contribution in [-0.2, 0) is 9.53 Å². The number of carbonyl (C=O) groups is 1. The van der Waals surface area contributed by atoms with Crippen molar-refractivity contribution in [3.63, 3.8) is 0 Å². The Morgan fingerprint density at radius 1 is 1.16 bits per heavy atom. The second kappa shape index (κ2) is 9.90. The molecule has 1 aromatic rings. The van der Waals surface area contributed by atoms with Crippen LogP contribution in [0.5, 0.6) is 17.2 Å². The lowest BCUT2D eigenvalue weighted by Gasteiger charge is -2.23. The van der Waals surface area contributed by atoms with Gasteiger partial charge in [-0.25, -0.2) is 0 Å². The zero-order valence-corrected chi connectivity index (χ0v) is 15.1. The van der Waals surface area contributed by atoms with Gasteiger partial charge in [0.05, 0.1) is 47.6 Å². The van der Waals surface area contributed by atoms with Crippen LogP contribution in [0.15, 0.2) is 18.2 Å². The maximum atomic E-state index is 12.0. The molecule has 0 unspecified atom stereocenters. The van der Waals surface area contributed by atoms with E-state index in [0.29, 0.717) is 23.8 Å². The molecule has 0 spiro atoms. The molecule has 1 heterocycles. The van der Waals surface area contributed by atoms with E-state index in [4.69, 9.17) is 18.9 Å². The molecule has 0 aliphatic carbocycles. The van der Waals surface area contributed by atoms with Crippen LogP contribution in [-0.4, -0.2) is 66.6 Å². The highest BCUT2D eigenvalue weighted by atomic mass is 16.5. The van der Waals surface area contributed by atoms with Crippen molar-refractivity contribution in [1.82, 2.24) is 5.32 Å². The van der Waals surface area contributed by atoms with Crippen LogP contribution in [0.4, 0.5) is 0 Å².